The fourth-order valence-corrected chi connectivity index (χ4v) is 4.64. The van der Waals surface area contributed by atoms with E-state index >= 15 is 0 Å². The van der Waals surface area contributed by atoms with Crippen molar-refractivity contribution in [2.24, 2.45) is 4.99 Å². The second kappa shape index (κ2) is 9.36. The number of ether oxygens (including phenoxy) is 1. The predicted octanol–water partition coefficient (Wildman–Crippen LogP) is 6.09. The van der Waals surface area contributed by atoms with Crippen molar-refractivity contribution in [2.45, 2.75) is 18.7 Å². The van der Waals surface area contributed by atoms with E-state index in [9.17, 15) is 8.42 Å². The Morgan fingerprint density at radius 3 is 2.43 bits per heavy atom. The third kappa shape index (κ3) is 5.14. The summed E-state index contributed by atoms with van der Waals surface area (Å²) in [5.41, 5.74) is 3.89. The molecule has 0 heterocycles. The second-order valence-corrected chi connectivity index (χ2v) is 9.65. The van der Waals surface area contributed by atoms with Crippen LogP contribution in [0.5, 0.6) is 11.5 Å². The van der Waals surface area contributed by atoms with Crippen molar-refractivity contribution in [3.05, 3.63) is 79.9 Å². The molecule has 0 aliphatic rings. The van der Waals surface area contributed by atoms with Gasteiger partial charge < -0.3 is 8.92 Å². The van der Waals surface area contributed by atoms with Crippen LogP contribution in [0.2, 0.25) is 5.02 Å². The zero-order chi connectivity index (χ0) is 21.9. The van der Waals surface area contributed by atoms with Gasteiger partial charge in [0, 0.05) is 11.2 Å². The molecule has 8 heteroatoms. The average Bonchev–Trinajstić information content (AvgIpc) is 2.71. The van der Waals surface area contributed by atoms with E-state index in [1.165, 1.54) is 31.4 Å². The van der Waals surface area contributed by atoms with E-state index in [-0.39, 0.29) is 10.6 Å². The number of halogens is 2. The summed E-state index contributed by atoms with van der Waals surface area (Å²) in [7, 11) is -2.58. The zero-order valence-corrected chi connectivity index (χ0v) is 20.2. The van der Waals surface area contributed by atoms with E-state index in [4.69, 9.17) is 20.5 Å². The highest BCUT2D eigenvalue weighted by molar-refractivity contribution is 14.1. The lowest BCUT2D eigenvalue weighted by Crippen LogP contribution is -2.11. The highest BCUT2D eigenvalue weighted by Crippen LogP contribution is 2.36. The quantitative estimate of drug-likeness (QED) is 0.210. The van der Waals surface area contributed by atoms with Gasteiger partial charge >= 0.3 is 10.1 Å². The smallest absolute Gasteiger partial charge is 0.339 e. The molecule has 3 rings (SSSR count). The molecule has 0 saturated heterocycles. The van der Waals surface area contributed by atoms with Crippen molar-refractivity contribution in [1.29, 1.82) is 0 Å². The topological polar surface area (TPSA) is 65.0 Å². The Kier molecular flexibility index (Phi) is 7.05. The van der Waals surface area contributed by atoms with Crippen molar-refractivity contribution in [3.8, 4) is 11.5 Å². The van der Waals surface area contributed by atoms with E-state index in [0.29, 0.717) is 14.3 Å². The molecule has 0 spiro atoms. The highest BCUT2D eigenvalue weighted by atomic mass is 127. The van der Waals surface area contributed by atoms with Gasteiger partial charge in [-0.1, -0.05) is 23.7 Å². The first-order valence-electron chi connectivity index (χ1n) is 8.89. The van der Waals surface area contributed by atoms with Crippen molar-refractivity contribution in [2.75, 3.05) is 7.11 Å². The molecule has 30 heavy (non-hydrogen) atoms. The standard InChI is InChI=1S/C22H19ClINO4S/c1-14-5-4-6-20(15(14)2)25-13-16-11-19(24)22(21(12-16)28-3)29-30(26,27)18-9-7-17(23)8-10-18/h4-13H,1-3H3. The van der Waals surface area contributed by atoms with E-state index in [2.05, 4.69) is 4.99 Å². The number of hydrogen-bond donors (Lipinski definition) is 0. The number of methoxy groups -OCH3 is 1. The van der Waals surface area contributed by atoms with E-state index in [1.807, 2.05) is 54.6 Å². The molecule has 0 saturated carbocycles. The molecule has 5 nitrogen and oxygen atoms in total. The third-order valence-corrected chi connectivity index (χ3v) is 6.76. The monoisotopic (exact) mass is 555 g/mol. The Balaban J connectivity index is 1.93. The molecule has 0 N–H and O–H groups in total. The summed E-state index contributed by atoms with van der Waals surface area (Å²) in [6.07, 6.45) is 1.71. The van der Waals surface area contributed by atoms with Gasteiger partial charge in [0.2, 0.25) is 0 Å². The molecule has 0 aliphatic carbocycles. The highest BCUT2D eigenvalue weighted by Gasteiger charge is 2.22. The molecular formula is C22H19ClINO4S. The lowest BCUT2D eigenvalue weighted by atomic mass is 10.1. The number of aliphatic imine (C=N–C) groups is 1. The van der Waals surface area contributed by atoms with Gasteiger partial charge in [0.05, 0.1) is 16.4 Å². The SMILES string of the molecule is COc1cc(C=Nc2cccc(C)c2C)cc(I)c1OS(=O)(=O)c1ccc(Cl)cc1. The van der Waals surface area contributed by atoms with Gasteiger partial charge in [-0.2, -0.15) is 8.42 Å². The maximum atomic E-state index is 12.6. The molecule has 0 fully saturated rings. The van der Waals surface area contributed by atoms with Crippen molar-refractivity contribution >= 4 is 56.2 Å². The molecule has 0 aliphatic heterocycles. The molecule has 0 atom stereocenters. The first-order chi connectivity index (χ1) is 14.2. The van der Waals surface area contributed by atoms with Gasteiger partial charge in [0.1, 0.15) is 4.90 Å². The number of hydrogen-bond acceptors (Lipinski definition) is 5. The minimum Gasteiger partial charge on any atom is -0.493 e. The van der Waals surface area contributed by atoms with Crippen LogP contribution in [0.1, 0.15) is 16.7 Å². The fraction of sp³-hybridized carbons (Fsp3) is 0.136. The Bertz CT molecular complexity index is 1210. The first kappa shape index (κ1) is 22.6. The Morgan fingerprint density at radius 2 is 1.77 bits per heavy atom. The van der Waals surface area contributed by atoms with Crippen LogP contribution >= 0.6 is 34.2 Å². The van der Waals surface area contributed by atoms with Crippen LogP contribution in [0.4, 0.5) is 5.69 Å². The summed E-state index contributed by atoms with van der Waals surface area (Å²) in [4.78, 5) is 4.56. The van der Waals surface area contributed by atoms with Gasteiger partial charge in [-0.25, -0.2) is 0 Å². The molecular weight excluding hydrogens is 537 g/mol. The van der Waals surface area contributed by atoms with Gasteiger partial charge in [-0.05, 0) is 95.6 Å². The molecule has 0 bridgehead atoms. The Morgan fingerprint density at radius 1 is 1.07 bits per heavy atom. The molecule has 3 aromatic rings. The molecule has 3 aromatic carbocycles. The largest absolute Gasteiger partial charge is 0.493 e. The van der Waals surface area contributed by atoms with Crippen LogP contribution in [0, 0.1) is 17.4 Å². The van der Waals surface area contributed by atoms with Crippen LogP contribution in [-0.2, 0) is 10.1 Å². The van der Waals surface area contributed by atoms with Crippen LogP contribution < -0.4 is 8.92 Å². The molecule has 0 radical (unpaired) electrons. The normalized spacial score (nSPS) is 11.6. The van der Waals surface area contributed by atoms with E-state index < -0.39 is 10.1 Å². The fourth-order valence-electron chi connectivity index (χ4n) is 2.67. The maximum Gasteiger partial charge on any atom is 0.339 e. The Labute approximate surface area is 195 Å². The van der Waals surface area contributed by atoms with Crippen molar-refractivity contribution < 1.29 is 17.3 Å². The number of rotatable bonds is 6. The summed E-state index contributed by atoms with van der Waals surface area (Å²) in [5.74, 6) is 0.416. The van der Waals surface area contributed by atoms with Gasteiger partial charge in [0.15, 0.2) is 11.5 Å². The third-order valence-electron chi connectivity index (χ3n) is 4.48. The van der Waals surface area contributed by atoms with E-state index in [1.54, 1.807) is 18.3 Å². The summed E-state index contributed by atoms with van der Waals surface area (Å²) < 4.78 is 36.6. The second-order valence-electron chi connectivity index (χ2n) is 6.50. The van der Waals surface area contributed by atoms with Crippen molar-refractivity contribution in [3.63, 3.8) is 0 Å². The zero-order valence-electron chi connectivity index (χ0n) is 16.5. The summed E-state index contributed by atoms with van der Waals surface area (Å²) >= 11 is 7.85. The number of nitrogens with zero attached hydrogens (tertiary/aromatic N) is 1. The average molecular weight is 556 g/mol. The first-order valence-corrected chi connectivity index (χ1v) is 11.8. The minimum atomic E-state index is -4.04. The summed E-state index contributed by atoms with van der Waals surface area (Å²) in [5, 5.41) is 0.439. The van der Waals surface area contributed by atoms with Crippen molar-refractivity contribution in [1.82, 2.24) is 0 Å². The number of benzene rings is 3. The minimum absolute atomic E-state index is 0.00492. The van der Waals surface area contributed by atoms with Crippen LogP contribution in [0.3, 0.4) is 0 Å². The van der Waals surface area contributed by atoms with Crippen LogP contribution in [-0.4, -0.2) is 21.7 Å². The predicted molar refractivity (Wildman–Crippen MR) is 128 cm³/mol. The molecule has 0 unspecified atom stereocenters. The number of aryl methyl sites for hydroxylation is 1. The van der Waals surface area contributed by atoms with Gasteiger partial charge in [-0.15, -0.1) is 0 Å². The maximum absolute atomic E-state index is 12.6. The van der Waals surface area contributed by atoms with Crippen LogP contribution in [0.25, 0.3) is 0 Å². The Hall–Kier alpha value is -2.10. The summed E-state index contributed by atoms with van der Waals surface area (Å²) in [6, 6.07) is 15.2. The lowest BCUT2D eigenvalue weighted by Gasteiger charge is -2.13. The van der Waals surface area contributed by atoms with E-state index in [0.717, 1.165) is 22.4 Å². The lowest BCUT2D eigenvalue weighted by molar-refractivity contribution is 0.389. The van der Waals surface area contributed by atoms with Crippen LogP contribution in [0.15, 0.2) is 64.5 Å². The molecule has 0 amide bonds. The van der Waals surface area contributed by atoms with Gasteiger partial charge in [0.25, 0.3) is 0 Å². The molecule has 156 valence electrons. The summed E-state index contributed by atoms with van der Waals surface area (Å²) in [6.45, 7) is 4.05. The van der Waals surface area contributed by atoms with Gasteiger partial charge in [-0.3, -0.25) is 4.99 Å². The molecule has 0 aromatic heterocycles.